The Morgan fingerprint density at radius 2 is 1.67 bits per heavy atom. The first-order valence-electron chi connectivity index (χ1n) is 14.3. The molecule has 3 aromatic heterocycles. The lowest BCUT2D eigenvalue weighted by atomic mass is 10.1. The molecule has 0 bridgehead atoms. The molecule has 6 aromatic rings. The van der Waals surface area contributed by atoms with Crippen molar-refractivity contribution in [2.45, 2.75) is 19.6 Å². The third-order valence-electron chi connectivity index (χ3n) is 7.27. The monoisotopic (exact) mass is 592 g/mol. The van der Waals surface area contributed by atoms with Crippen LogP contribution in [-0.4, -0.2) is 26.3 Å². The summed E-state index contributed by atoms with van der Waals surface area (Å²) in [4.78, 5) is 36.7. The quantitative estimate of drug-likeness (QED) is 0.201. The zero-order chi connectivity index (χ0) is 31.0. The molecule has 0 aliphatic carbocycles. The molecule has 2 amide bonds. The summed E-state index contributed by atoms with van der Waals surface area (Å²) in [5.74, 6) is 0.243. The summed E-state index contributed by atoms with van der Waals surface area (Å²) in [6.07, 6.45) is 5.17. The molecule has 0 saturated carbocycles. The number of furan rings is 1. The molecule has 0 aliphatic heterocycles. The third-order valence-corrected chi connectivity index (χ3v) is 7.27. The van der Waals surface area contributed by atoms with Crippen LogP contribution in [0.2, 0.25) is 0 Å². The summed E-state index contributed by atoms with van der Waals surface area (Å²) >= 11 is 0. The number of pyridine rings is 1. The molecule has 0 spiro atoms. The second kappa shape index (κ2) is 13.4. The molecule has 3 aromatic carbocycles. The van der Waals surface area contributed by atoms with Crippen LogP contribution in [0.1, 0.15) is 43.4 Å². The number of nitrogens with zero attached hydrogens (tertiary/aromatic N) is 5. The van der Waals surface area contributed by atoms with Gasteiger partial charge in [-0.15, -0.1) is 0 Å². The number of carbonyl (C=O) groups is 2. The van der Waals surface area contributed by atoms with Gasteiger partial charge in [-0.25, -0.2) is 4.98 Å². The van der Waals surface area contributed by atoms with Crippen molar-refractivity contribution in [3.8, 4) is 17.4 Å². The summed E-state index contributed by atoms with van der Waals surface area (Å²) in [6.45, 7) is 1.12. The van der Waals surface area contributed by atoms with Crippen molar-refractivity contribution < 1.29 is 14.0 Å². The van der Waals surface area contributed by atoms with E-state index in [1.54, 1.807) is 60.0 Å². The fraction of sp³-hybridized carbons (Fsp3) is 0.0833. The van der Waals surface area contributed by atoms with Gasteiger partial charge < -0.3 is 19.2 Å². The molecule has 0 unspecified atom stereocenters. The second-order valence-corrected chi connectivity index (χ2v) is 10.3. The number of hydrogen-bond donors (Lipinski definition) is 1. The van der Waals surface area contributed by atoms with Crippen molar-refractivity contribution >= 4 is 17.5 Å². The van der Waals surface area contributed by atoms with E-state index in [2.05, 4.69) is 21.4 Å². The van der Waals surface area contributed by atoms with E-state index in [0.717, 1.165) is 22.5 Å². The number of anilines is 1. The van der Waals surface area contributed by atoms with Gasteiger partial charge in [0.2, 0.25) is 0 Å². The maximum atomic E-state index is 13.8. The van der Waals surface area contributed by atoms with Crippen molar-refractivity contribution in [2.24, 2.45) is 0 Å². The van der Waals surface area contributed by atoms with Crippen LogP contribution in [0.4, 0.5) is 5.69 Å². The topological polar surface area (TPSA) is 117 Å². The van der Waals surface area contributed by atoms with Gasteiger partial charge in [0.25, 0.3) is 11.8 Å². The summed E-state index contributed by atoms with van der Waals surface area (Å²) in [5.41, 5.74) is 5.23. The number of nitrogens with one attached hydrogen (secondary N) is 1. The Labute approximate surface area is 260 Å². The molecule has 0 aliphatic rings. The number of amides is 2. The fourth-order valence-electron chi connectivity index (χ4n) is 4.86. The van der Waals surface area contributed by atoms with Gasteiger partial charge in [-0.2, -0.15) is 5.26 Å². The smallest absolute Gasteiger partial charge is 0.287 e. The lowest BCUT2D eigenvalue weighted by Gasteiger charge is -2.24. The molecule has 0 saturated heterocycles. The minimum Gasteiger partial charge on any atom is -0.451 e. The number of rotatable bonds is 10. The summed E-state index contributed by atoms with van der Waals surface area (Å²) in [6, 6.07) is 35.0. The number of hydrogen-bond acceptors (Lipinski definition) is 6. The van der Waals surface area contributed by atoms with Crippen molar-refractivity contribution in [3.05, 3.63) is 162 Å². The Bertz CT molecular complexity index is 1940. The van der Waals surface area contributed by atoms with Crippen LogP contribution in [0.25, 0.3) is 11.3 Å². The molecule has 0 fully saturated rings. The van der Waals surface area contributed by atoms with Crippen molar-refractivity contribution in [1.29, 1.82) is 5.26 Å². The highest BCUT2D eigenvalue weighted by molar-refractivity contribution is 6.06. The molecular formula is C36H28N6O3. The molecule has 0 radical (unpaired) electrons. The fourth-order valence-corrected chi connectivity index (χ4v) is 4.86. The van der Waals surface area contributed by atoms with E-state index in [4.69, 9.17) is 9.68 Å². The normalized spacial score (nSPS) is 10.6. The van der Waals surface area contributed by atoms with Crippen LogP contribution < -0.4 is 10.2 Å². The van der Waals surface area contributed by atoms with E-state index in [0.29, 0.717) is 35.7 Å². The Hall–Kier alpha value is -6.27. The van der Waals surface area contributed by atoms with E-state index < -0.39 is 0 Å². The van der Waals surface area contributed by atoms with Crippen LogP contribution in [0, 0.1) is 11.3 Å². The molecule has 45 heavy (non-hydrogen) atoms. The van der Waals surface area contributed by atoms with Gasteiger partial charge >= 0.3 is 0 Å². The maximum absolute atomic E-state index is 13.8. The van der Waals surface area contributed by atoms with Gasteiger partial charge in [0, 0.05) is 35.8 Å². The predicted octanol–water partition coefficient (Wildman–Crippen LogP) is 6.24. The van der Waals surface area contributed by atoms with E-state index in [1.165, 1.54) is 0 Å². The van der Waals surface area contributed by atoms with Gasteiger partial charge in [0.15, 0.2) is 5.76 Å². The number of nitriles is 1. The first kappa shape index (κ1) is 28.8. The molecule has 0 atom stereocenters. The Morgan fingerprint density at radius 1 is 0.889 bits per heavy atom. The number of imidazole rings is 1. The number of carbonyl (C=O) groups excluding carboxylic acids is 2. The van der Waals surface area contributed by atoms with Crippen molar-refractivity contribution in [1.82, 2.24) is 19.9 Å². The van der Waals surface area contributed by atoms with Gasteiger partial charge in [0.1, 0.15) is 5.76 Å². The molecule has 3 heterocycles. The highest BCUT2D eigenvalue weighted by Crippen LogP contribution is 2.27. The Morgan fingerprint density at radius 3 is 2.40 bits per heavy atom. The van der Waals surface area contributed by atoms with Crippen LogP contribution in [0.3, 0.4) is 0 Å². The van der Waals surface area contributed by atoms with Crippen LogP contribution in [-0.2, 0) is 19.6 Å². The maximum Gasteiger partial charge on any atom is 0.287 e. The lowest BCUT2D eigenvalue weighted by Crippen LogP contribution is -2.31. The SMILES string of the molecule is N#Cc1ccc(Cn2cncc2CN(C(=O)c2ccccc2)c2ccc(-c3ccc(C(=O)NCc4ccccn4)o3)cc2)cc1. The molecule has 1 N–H and O–H groups in total. The van der Waals surface area contributed by atoms with Crippen molar-refractivity contribution in [2.75, 3.05) is 4.90 Å². The second-order valence-electron chi connectivity index (χ2n) is 10.3. The minimum absolute atomic E-state index is 0.153. The largest absolute Gasteiger partial charge is 0.451 e. The summed E-state index contributed by atoms with van der Waals surface area (Å²) < 4.78 is 7.86. The van der Waals surface area contributed by atoms with Crippen molar-refractivity contribution in [3.63, 3.8) is 0 Å². The van der Waals surface area contributed by atoms with Gasteiger partial charge in [-0.3, -0.25) is 14.6 Å². The molecule has 220 valence electrons. The van der Waals surface area contributed by atoms with Gasteiger partial charge in [-0.05, 0) is 78.4 Å². The summed E-state index contributed by atoms with van der Waals surface area (Å²) in [5, 5.41) is 11.9. The molecule has 9 nitrogen and oxygen atoms in total. The third kappa shape index (κ3) is 6.87. The van der Waals surface area contributed by atoms with E-state index >= 15 is 0 Å². The number of aromatic nitrogens is 3. The Kier molecular flexibility index (Phi) is 8.56. The average Bonchev–Trinajstić information content (AvgIpc) is 3.77. The zero-order valence-electron chi connectivity index (χ0n) is 24.2. The summed E-state index contributed by atoms with van der Waals surface area (Å²) in [7, 11) is 0. The van der Waals surface area contributed by atoms with Gasteiger partial charge in [0.05, 0.1) is 42.4 Å². The van der Waals surface area contributed by atoms with Crippen LogP contribution in [0.5, 0.6) is 0 Å². The van der Waals surface area contributed by atoms with E-state index in [-0.39, 0.29) is 24.1 Å². The first-order valence-corrected chi connectivity index (χ1v) is 14.3. The number of benzene rings is 3. The van der Waals surface area contributed by atoms with E-state index in [9.17, 15) is 9.59 Å². The van der Waals surface area contributed by atoms with Crippen LogP contribution >= 0.6 is 0 Å². The minimum atomic E-state index is -0.333. The molecular weight excluding hydrogens is 564 g/mol. The standard InChI is InChI=1S/C36H28N6O3/c37-20-26-9-11-27(12-10-26)23-41-25-38-22-32(41)24-42(36(44)29-6-2-1-3-7-29)31-15-13-28(14-16-31)33-17-18-34(45-33)35(43)40-21-30-8-4-5-19-39-30/h1-19,22,25H,21,23-24H2,(H,40,43). The highest BCUT2D eigenvalue weighted by atomic mass is 16.3. The predicted molar refractivity (Wildman–Crippen MR) is 169 cm³/mol. The molecule has 6 rings (SSSR count). The van der Waals surface area contributed by atoms with Gasteiger partial charge in [-0.1, -0.05) is 36.4 Å². The zero-order valence-corrected chi connectivity index (χ0v) is 24.2. The van der Waals surface area contributed by atoms with E-state index in [1.807, 2.05) is 77.4 Å². The lowest BCUT2D eigenvalue weighted by molar-refractivity contribution is 0.0922. The average molecular weight is 593 g/mol. The first-order chi connectivity index (χ1) is 22.1. The molecule has 9 heteroatoms. The highest BCUT2D eigenvalue weighted by Gasteiger charge is 2.21. The Balaban J connectivity index is 1.21. The van der Waals surface area contributed by atoms with Crippen LogP contribution in [0.15, 0.2) is 132 Å².